The molecule has 2 unspecified atom stereocenters. The Hall–Kier alpha value is -3.86. The second-order valence-electron chi connectivity index (χ2n) is 15.3. The predicted octanol–water partition coefficient (Wildman–Crippen LogP) is 4.83. The van der Waals surface area contributed by atoms with Crippen LogP contribution in [0.1, 0.15) is 120 Å². The standard InChI is InChI=1S/C39H52N2O9/c1-37-18-15-28(42)22-27(37)11-12-29-30(37)16-19-38(2)31(29)17-20-39(38,49)32(43)24-50-35(46)14-13-34(45)40-21-5-3-4-6-33(44)41-23-25-7-9-26(10-8-25)36(47)48/h7-10,22,29-31,49H,3-6,11-21,23-24H2,1-2H3,(H,40,45)(H,41,44)(H,47,48)/t29-,30?,31?,37+,38+,39+/m1/s1. The van der Waals surface area contributed by atoms with E-state index in [0.29, 0.717) is 63.5 Å². The Morgan fingerprint density at radius 2 is 1.56 bits per heavy atom. The average Bonchev–Trinajstić information content (AvgIpc) is 3.38. The van der Waals surface area contributed by atoms with E-state index < -0.39 is 35.3 Å². The highest BCUT2D eigenvalue weighted by Crippen LogP contribution is 2.67. The van der Waals surface area contributed by atoms with Gasteiger partial charge >= 0.3 is 11.9 Å². The number of nitrogens with one attached hydrogen (secondary N) is 2. The van der Waals surface area contributed by atoms with Crippen molar-refractivity contribution in [2.24, 2.45) is 28.6 Å². The molecule has 0 aromatic heterocycles. The van der Waals surface area contributed by atoms with E-state index in [-0.39, 0.29) is 47.3 Å². The first-order valence-corrected chi connectivity index (χ1v) is 18.3. The highest BCUT2D eigenvalue weighted by atomic mass is 16.5. The molecule has 4 N–H and O–H groups in total. The third-order valence-corrected chi connectivity index (χ3v) is 12.6. The Bertz CT molecular complexity index is 1520. The number of Topliss-reactive ketones (excluding diaryl/α,β-unsaturated/α-hetero) is 1. The van der Waals surface area contributed by atoms with Crippen molar-refractivity contribution in [3.8, 4) is 0 Å². The minimum Gasteiger partial charge on any atom is -0.478 e. The summed E-state index contributed by atoms with van der Waals surface area (Å²) in [5, 5.41) is 26.4. The molecule has 1 aromatic carbocycles. The number of aromatic carboxylic acids is 1. The number of carboxylic acids is 1. The summed E-state index contributed by atoms with van der Waals surface area (Å²) in [6.07, 6.45) is 10.0. The van der Waals surface area contributed by atoms with Crippen molar-refractivity contribution in [2.75, 3.05) is 13.2 Å². The van der Waals surface area contributed by atoms with Crippen LogP contribution in [0.15, 0.2) is 35.9 Å². The molecule has 4 aliphatic carbocycles. The summed E-state index contributed by atoms with van der Waals surface area (Å²) in [6.45, 7) is 4.55. The smallest absolute Gasteiger partial charge is 0.335 e. The molecule has 0 heterocycles. The lowest BCUT2D eigenvalue weighted by molar-refractivity contribution is -0.170. The normalized spacial score (nSPS) is 29.9. The first-order valence-electron chi connectivity index (χ1n) is 18.3. The van der Waals surface area contributed by atoms with Gasteiger partial charge in [0.25, 0.3) is 0 Å². The number of carbonyl (C=O) groups excluding carboxylic acids is 5. The molecule has 50 heavy (non-hydrogen) atoms. The Kier molecular flexibility index (Phi) is 11.7. The molecule has 272 valence electrons. The van der Waals surface area contributed by atoms with Crippen molar-refractivity contribution in [3.05, 3.63) is 47.0 Å². The Labute approximate surface area is 294 Å². The van der Waals surface area contributed by atoms with E-state index in [2.05, 4.69) is 17.6 Å². The fourth-order valence-electron chi connectivity index (χ4n) is 9.54. The van der Waals surface area contributed by atoms with Crippen LogP contribution in [0.3, 0.4) is 0 Å². The fourth-order valence-corrected chi connectivity index (χ4v) is 9.54. The number of fused-ring (bicyclic) bond motifs is 5. The third kappa shape index (κ3) is 7.87. The number of rotatable bonds is 15. The van der Waals surface area contributed by atoms with Gasteiger partial charge in [0.2, 0.25) is 17.6 Å². The highest BCUT2D eigenvalue weighted by Gasteiger charge is 2.66. The summed E-state index contributed by atoms with van der Waals surface area (Å²) in [5.41, 5.74) is 0.130. The molecule has 11 heteroatoms. The van der Waals surface area contributed by atoms with E-state index in [1.165, 1.54) is 17.7 Å². The number of esters is 1. The SMILES string of the molecule is C[C@]12CCC(=O)C=C1CC[C@@H]1C2CC[C@@]2(C)C1CC[C@]2(O)C(=O)COC(=O)CCC(=O)NCCCCCC(=O)NCc1ccc(C(=O)O)cc1. The quantitative estimate of drug-likeness (QED) is 0.148. The maximum absolute atomic E-state index is 13.5. The zero-order chi connectivity index (χ0) is 36.1. The molecule has 0 aliphatic heterocycles. The van der Waals surface area contributed by atoms with Gasteiger partial charge in [-0.25, -0.2) is 4.79 Å². The van der Waals surface area contributed by atoms with Gasteiger partial charge in [-0.3, -0.25) is 24.0 Å². The number of hydrogen-bond donors (Lipinski definition) is 4. The van der Waals surface area contributed by atoms with Gasteiger partial charge in [-0.1, -0.05) is 38.0 Å². The van der Waals surface area contributed by atoms with Gasteiger partial charge in [-0.15, -0.1) is 0 Å². The zero-order valence-electron chi connectivity index (χ0n) is 29.4. The van der Waals surface area contributed by atoms with Gasteiger partial charge in [-0.05, 0) is 105 Å². The fraction of sp³-hybridized carbons (Fsp3) is 0.641. The van der Waals surface area contributed by atoms with Crippen LogP contribution in [0.4, 0.5) is 0 Å². The lowest BCUT2D eigenvalue weighted by Gasteiger charge is -2.58. The van der Waals surface area contributed by atoms with Crippen LogP contribution in [0.2, 0.25) is 0 Å². The zero-order valence-corrected chi connectivity index (χ0v) is 29.4. The molecule has 4 aliphatic rings. The Morgan fingerprint density at radius 3 is 2.30 bits per heavy atom. The third-order valence-electron chi connectivity index (χ3n) is 12.6. The molecule has 0 spiro atoms. The number of allylic oxidation sites excluding steroid dienone is 1. The van der Waals surface area contributed by atoms with Gasteiger partial charge in [0.15, 0.2) is 12.4 Å². The number of hydrogen-bond acceptors (Lipinski definition) is 8. The van der Waals surface area contributed by atoms with E-state index in [0.717, 1.165) is 44.1 Å². The maximum atomic E-state index is 13.5. The molecule has 0 bridgehead atoms. The lowest BCUT2D eigenvalue weighted by atomic mass is 9.46. The number of ether oxygens (including phenoxy) is 1. The van der Waals surface area contributed by atoms with Crippen LogP contribution in [0.25, 0.3) is 0 Å². The maximum Gasteiger partial charge on any atom is 0.335 e. The molecular weight excluding hydrogens is 640 g/mol. The van der Waals surface area contributed by atoms with Crippen molar-refractivity contribution in [3.63, 3.8) is 0 Å². The molecule has 2 amide bonds. The van der Waals surface area contributed by atoms with E-state index in [1.54, 1.807) is 12.1 Å². The number of carbonyl (C=O) groups is 6. The number of carboxylic acid groups (broad SMARTS) is 1. The van der Waals surface area contributed by atoms with Crippen LogP contribution < -0.4 is 10.6 Å². The van der Waals surface area contributed by atoms with Crippen molar-refractivity contribution < 1.29 is 43.7 Å². The molecule has 11 nitrogen and oxygen atoms in total. The summed E-state index contributed by atoms with van der Waals surface area (Å²) in [7, 11) is 0. The largest absolute Gasteiger partial charge is 0.478 e. The molecule has 0 radical (unpaired) electrons. The summed E-state index contributed by atoms with van der Waals surface area (Å²) in [5.74, 6) is -1.29. The highest BCUT2D eigenvalue weighted by molar-refractivity contribution is 5.92. The van der Waals surface area contributed by atoms with Gasteiger partial charge in [0.1, 0.15) is 5.60 Å². The predicted molar refractivity (Wildman–Crippen MR) is 184 cm³/mol. The second-order valence-corrected chi connectivity index (χ2v) is 15.3. The number of amides is 2. The molecule has 5 rings (SSSR count). The van der Waals surface area contributed by atoms with Crippen LogP contribution in [-0.2, 0) is 35.3 Å². The minimum atomic E-state index is -1.56. The Morgan fingerprint density at radius 1 is 0.840 bits per heavy atom. The van der Waals surface area contributed by atoms with E-state index >= 15 is 0 Å². The van der Waals surface area contributed by atoms with Crippen molar-refractivity contribution in [1.29, 1.82) is 0 Å². The first kappa shape index (κ1) is 37.4. The van der Waals surface area contributed by atoms with Crippen LogP contribution >= 0.6 is 0 Å². The van der Waals surface area contributed by atoms with Crippen LogP contribution in [-0.4, -0.2) is 64.3 Å². The van der Waals surface area contributed by atoms with E-state index in [4.69, 9.17) is 9.84 Å². The van der Waals surface area contributed by atoms with Crippen LogP contribution in [0, 0.1) is 28.6 Å². The second kappa shape index (κ2) is 15.6. The molecule has 6 atom stereocenters. The summed E-state index contributed by atoms with van der Waals surface area (Å²) in [6, 6.07) is 6.32. The summed E-state index contributed by atoms with van der Waals surface area (Å²) in [4.78, 5) is 73.3. The van der Waals surface area contributed by atoms with Gasteiger partial charge in [-0.2, -0.15) is 0 Å². The summed E-state index contributed by atoms with van der Waals surface area (Å²) >= 11 is 0. The lowest BCUT2D eigenvalue weighted by Crippen LogP contribution is -2.58. The van der Waals surface area contributed by atoms with E-state index in [9.17, 15) is 33.9 Å². The number of unbranched alkanes of at least 4 members (excludes halogenated alkanes) is 2. The van der Waals surface area contributed by atoms with Crippen molar-refractivity contribution in [1.82, 2.24) is 10.6 Å². The van der Waals surface area contributed by atoms with Crippen molar-refractivity contribution >= 4 is 35.3 Å². The number of ketones is 2. The average molecular weight is 693 g/mol. The molecule has 1 aromatic rings. The monoisotopic (exact) mass is 692 g/mol. The van der Waals surface area contributed by atoms with Crippen molar-refractivity contribution in [2.45, 2.75) is 116 Å². The van der Waals surface area contributed by atoms with E-state index in [1.807, 2.05) is 13.0 Å². The van der Waals surface area contributed by atoms with Gasteiger partial charge in [0.05, 0.1) is 12.0 Å². The molecule has 3 fully saturated rings. The minimum absolute atomic E-state index is 0.00594. The van der Waals surface area contributed by atoms with Gasteiger partial charge in [0, 0.05) is 37.8 Å². The van der Waals surface area contributed by atoms with Crippen LogP contribution in [0.5, 0.6) is 0 Å². The number of benzene rings is 1. The Balaban J connectivity index is 0.959. The molecular formula is C39H52N2O9. The number of aliphatic hydroxyl groups is 1. The van der Waals surface area contributed by atoms with Gasteiger partial charge < -0.3 is 25.6 Å². The summed E-state index contributed by atoms with van der Waals surface area (Å²) < 4.78 is 5.27. The first-order chi connectivity index (χ1) is 23.8. The molecule has 0 saturated heterocycles. The topological polar surface area (TPSA) is 176 Å². The molecule has 3 saturated carbocycles.